The SMILES string of the molecule is CNc1ccc(Cc2cc(F)ccc2O)cc1Cl. The molecule has 2 rings (SSSR count). The van der Waals surface area contributed by atoms with Crippen LogP contribution in [0.15, 0.2) is 36.4 Å². The van der Waals surface area contributed by atoms with Crippen LogP contribution in [-0.2, 0) is 6.42 Å². The van der Waals surface area contributed by atoms with Gasteiger partial charge in [-0.15, -0.1) is 0 Å². The Morgan fingerprint density at radius 2 is 2.00 bits per heavy atom. The topological polar surface area (TPSA) is 32.3 Å². The molecule has 0 bridgehead atoms. The number of phenolic OH excluding ortho intramolecular Hbond substituents is 1. The van der Waals surface area contributed by atoms with E-state index >= 15 is 0 Å². The summed E-state index contributed by atoms with van der Waals surface area (Å²) in [6.07, 6.45) is 0.438. The number of hydrogen-bond donors (Lipinski definition) is 2. The molecule has 2 N–H and O–H groups in total. The van der Waals surface area contributed by atoms with Crippen molar-refractivity contribution >= 4 is 17.3 Å². The molecular formula is C14H13ClFNO. The molecule has 0 spiro atoms. The molecule has 0 aliphatic carbocycles. The lowest BCUT2D eigenvalue weighted by molar-refractivity contribution is 0.467. The first-order valence-electron chi connectivity index (χ1n) is 5.53. The second-order valence-electron chi connectivity index (χ2n) is 4.01. The number of halogens is 2. The largest absolute Gasteiger partial charge is 0.508 e. The Hall–Kier alpha value is -1.74. The Bertz CT molecular complexity index is 572. The highest BCUT2D eigenvalue weighted by Gasteiger charge is 2.06. The third-order valence-corrected chi connectivity index (χ3v) is 3.05. The van der Waals surface area contributed by atoms with E-state index in [1.165, 1.54) is 18.2 Å². The molecule has 2 aromatic carbocycles. The van der Waals surface area contributed by atoms with Gasteiger partial charge in [-0.25, -0.2) is 4.39 Å². The number of phenols is 1. The van der Waals surface area contributed by atoms with E-state index in [2.05, 4.69) is 5.32 Å². The first kappa shape index (κ1) is 12.7. The van der Waals surface area contributed by atoms with Gasteiger partial charge in [0.05, 0.1) is 10.7 Å². The van der Waals surface area contributed by atoms with Crippen LogP contribution >= 0.6 is 11.6 Å². The smallest absolute Gasteiger partial charge is 0.123 e. The lowest BCUT2D eigenvalue weighted by Gasteiger charge is -2.08. The van der Waals surface area contributed by atoms with Gasteiger partial charge in [0.25, 0.3) is 0 Å². The molecule has 4 heteroatoms. The molecular weight excluding hydrogens is 253 g/mol. The van der Waals surface area contributed by atoms with Gasteiger partial charge in [0.15, 0.2) is 0 Å². The van der Waals surface area contributed by atoms with E-state index in [0.29, 0.717) is 17.0 Å². The van der Waals surface area contributed by atoms with Gasteiger partial charge in [-0.05, 0) is 35.9 Å². The Morgan fingerprint density at radius 1 is 1.22 bits per heavy atom. The van der Waals surface area contributed by atoms with E-state index in [0.717, 1.165) is 11.3 Å². The van der Waals surface area contributed by atoms with Crippen LogP contribution in [-0.4, -0.2) is 12.2 Å². The van der Waals surface area contributed by atoms with Gasteiger partial charge in [0.2, 0.25) is 0 Å². The number of anilines is 1. The molecule has 0 aromatic heterocycles. The van der Waals surface area contributed by atoms with Crippen LogP contribution in [0.5, 0.6) is 5.75 Å². The summed E-state index contributed by atoms with van der Waals surface area (Å²) >= 11 is 6.07. The lowest BCUT2D eigenvalue weighted by Crippen LogP contribution is -1.93. The molecule has 0 aliphatic rings. The molecule has 0 unspecified atom stereocenters. The Kier molecular flexibility index (Phi) is 3.72. The van der Waals surface area contributed by atoms with E-state index < -0.39 is 0 Å². The number of aromatic hydroxyl groups is 1. The van der Waals surface area contributed by atoms with Crippen LogP contribution in [0.1, 0.15) is 11.1 Å². The quantitative estimate of drug-likeness (QED) is 0.884. The third kappa shape index (κ3) is 2.74. The maximum atomic E-state index is 13.1. The van der Waals surface area contributed by atoms with Gasteiger partial charge < -0.3 is 10.4 Å². The minimum absolute atomic E-state index is 0.0882. The van der Waals surface area contributed by atoms with Gasteiger partial charge in [0, 0.05) is 19.0 Å². The fourth-order valence-electron chi connectivity index (χ4n) is 1.79. The highest BCUT2D eigenvalue weighted by molar-refractivity contribution is 6.33. The molecule has 0 saturated heterocycles. The zero-order chi connectivity index (χ0) is 13.1. The van der Waals surface area contributed by atoms with E-state index in [4.69, 9.17) is 11.6 Å². The molecule has 94 valence electrons. The zero-order valence-corrected chi connectivity index (χ0v) is 10.6. The molecule has 0 fully saturated rings. The summed E-state index contributed by atoms with van der Waals surface area (Å²) in [4.78, 5) is 0. The van der Waals surface area contributed by atoms with E-state index in [1.54, 1.807) is 13.1 Å². The normalized spacial score (nSPS) is 10.4. The number of nitrogens with one attached hydrogen (secondary N) is 1. The molecule has 0 heterocycles. The van der Waals surface area contributed by atoms with Gasteiger partial charge in [-0.1, -0.05) is 17.7 Å². The minimum Gasteiger partial charge on any atom is -0.508 e. The predicted octanol–water partition coefficient (Wildman–Crippen LogP) is 3.82. The second-order valence-corrected chi connectivity index (χ2v) is 4.42. The Balaban J connectivity index is 2.28. The van der Waals surface area contributed by atoms with Crippen molar-refractivity contribution in [2.75, 3.05) is 12.4 Å². The molecule has 0 aliphatic heterocycles. The summed E-state index contributed by atoms with van der Waals surface area (Å²) in [6.45, 7) is 0. The molecule has 0 atom stereocenters. The molecule has 2 nitrogen and oxygen atoms in total. The van der Waals surface area contributed by atoms with Crippen molar-refractivity contribution in [2.24, 2.45) is 0 Å². The minimum atomic E-state index is -0.360. The summed E-state index contributed by atoms with van der Waals surface area (Å²) in [5.74, 6) is -0.272. The second kappa shape index (κ2) is 5.27. The summed E-state index contributed by atoms with van der Waals surface area (Å²) in [5, 5.41) is 13.2. The first-order chi connectivity index (χ1) is 8.60. The van der Waals surface area contributed by atoms with Crippen molar-refractivity contribution in [3.05, 3.63) is 58.4 Å². The van der Waals surface area contributed by atoms with Crippen LogP contribution in [0.4, 0.5) is 10.1 Å². The number of hydrogen-bond acceptors (Lipinski definition) is 2. The fourth-order valence-corrected chi connectivity index (χ4v) is 2.08. The van der Waals surface area contributed by atoms with Crippen molar-refractivity contribution in [2.45, 2.75) is 6.42 Å². The molecule has 18 heavy (non-hydrogen) atoms. The highest BCUT2D eigenvalue weighted by Crippen LogP contribution is 2.26. The van der Waals surface area contributed by atoms with Crippen molar-refractivity contribution < 1.29 is 9.50 Å². The van der Waals surface area contributed by atoms with Crippen LogP contribution in [0.2, 0.25) is 5.02 Å². The standard InChI is InChI=1S/C14H13ClFNO/c1-17-13-4-2-9(7-12(13)15)6-10-8-11(16)3-5-14(10)18/h2-5,7-8,17-18H,6H2,1H3. The molecule has 0 radical (unpaired) electrons. The lowest BCUT2D eigenvalue weighted by atomic mass is 10.0. The summed E-state index contributed by atoms with van der Waals surface area (Å²) in [5.41, 5.74) is 2.30. The van der Waals surface area contributed by atoms with Crippen molar-refractivity contribution in [3.8, 4) is 5.75 Å². The number of rotatable bonds is 3. The highest BCUT2D eigenvalue weighted by atomic mass is 35.5. The summed E-state index contributed by atoms with van der Waals surface area (Å²) < 4.78 is 13.1. The predicted molar refractivity (Wildman–Crippen MR) is 71.9 cm³/mol. The average molecular weight is 266 g/mol. The van der Waals surface area contributed by atoms with E-state index in [9.17, 15) is 9.50 Å². The molecule has 0 amide bonds. The van der Waals surface area contributed by atoms with Crippen molar-refractivity contribution in [1.82, 2.24) is 0 Å². The van der Waals surface area contributed by atoms with Gasteiger partial charge in [-0.2, -0.15) is 0 Å². The maximum Gasteiger partial charge on any atom is 0.123 e. The maximum absolute atomic E-state index is 13.1. The van der Waals surface area contributed by atoms with Crippen LogP contribution < -0.4 is 5.32 Å². The summed E-state index contributed by atoms with van der Waals surface area (Å²) in [7, 11) is 1.79. The Labute approximate surface area is 110 Å². The van der Waals surface area contributed by atoms with Crippen molar-refractivity contribution in [1.29, 1.82) is 0 Å². The van der Waals surface area contributed by atoms with Crippen LogP contribution in [0, 0.1) is 5.82 Å². The van der Waals surface area contributed by atoms with E-state index in [-0.39, 0.29) is 11.6 Å². The van der Waals surface area contributed by atoms with Crippen LogP contribution in [0.3, 0.4) is 0 Å². The average Bonchev–Trinajstić information content (AvgIpc) is 2.34. The molecule has 0 saturated carbocycles. The zero-order valence-electron chi connectivity index (χ0n) is 9.87. The van der Waals surface area contributed by atoms with E-state index in [1.807, 2.05) is 12.1 Å². The van der Waals surface area contributed by atoms with Crippen LogP contribution in [0.25, 0.3) is 0 Å². The third-order valence-electron chi connectivity index (χ3n) is 2.74. The fraction of sp³-hybridized carbons (Fsp3) is 0.143. The van der Waals surface area contributed by atoms with Gasteiger partial charge in [-0.3, -0.25) is 0 Å². The van der Waals surface area contributed by atoms with Crippen molar-refractivity contribution in [3.63, 3.8) is 0 Å². The first-order valence-corrected chi connectivity index (χ1v) is 5.91. The van der Waals surface area contributed by atoms with Gasteiger partial charge >= 0.3 is 0 Å². The Morgan fingerprint density at radius 3 is 2.67 bits per heavy atom. The number of benzene rings is 2. The van der Waals surface area contributed by atoms with Gasteiger partial charge in [0.1, 0.15) is 11.6 Å². The molecule has 2 aromatic rings. The summed E-state index contributed by atoms with van der Waals surface area (Å²) in [6, 6.07) is 9.47. The monoisotopic (exact) mass is 265 g/mol.